The normalized spacial score (nSPS) is 15.8. The van der Waals surface area contributed by atoms with Crippen LogP contribution in [0.2, 0.25) is 0 Å². The smallest absolute Gasteiger partial charge is 0.433 e. The monoisotopic (exact) mass is 446 g/mol. The van der Waals surface area contributed by atoms with Crippen LogP contribution >= 0.6 is 0 Å². The molecule has 6 nitrogen and oxygen atoms in total. The number of amides is 1. The Morgan fingerprint density at radius 3 is 2.22 bits per heavy atom. The van der Waals surface area contributed by atoms with Gasteiger partial charge in [0.25, 0.3) is 5.91 Å². The number of ether oxygens (including phenoxy) is 1. The van der Waals surface area contributed by atoms with Gasteiger partial charge in [-0.3, -0.25) is 4.79 Å². The number of anilines is 1. The first-order valence-corrected chi connectivity index (χ1v) is 10.2. The summed E-state index contributed by atoms with van der Waals surface area (Å²) in [4.78, 5) is 20.4. The Morgan fingerprint density at radius 2 is 1.69 bits per heavy atom. The van der Waals surface area contributed by atoms with E-state index in [0.717, 1.165) is 6.07 Å². The number of carbonyl (C=O) groups excluding carboxylic acids is 1. The zero-order valence-electron chi connectivity index (χ0n) is 18.2. The minimum atomic E-state index is -4.50. The molecule has 2 heterocycles. The maximum atomic E-state index is 13.3. The molecule has 1 fully saturated rings. The number of nitriles is 1. The summed E-state index contributed by atoms with van der Waals surface area (Å²) in [7, 11) is 0. The van der Waals surface area contributed by atoms with Crippen LogP contribution in [0.5, 0.6) is 5.75 Å². The minimum absolute atomic E-state index is 0.182. The van der Waals surface area contributed by atoms with E-state index in [4.69, 9.17) is 10.00 Å². The van der Waals surface area contributed by atoms with Crippen LogP contribution in [-0.2, 0) is 11.0 Å². The van der Waals surface area contributed by atoms with Crippen LogP contribution < -0.4 is 9.64 Å². The summed E-state index contributed by atoms with van der Waals surface area (Å²) in [5, 5.41) is 8.94. The third-order valence-electron chi connectivity index (χ3n) is 5.19. The molecule has 1 atom stereocenters. The first-order valence-electron chi connectivity index (χ1n) is 10.2. The van der Waals surface area contributed by atoms with Gasteiger partial charge in [-0.1, -0.05) is 26.8 Å². The first-order chi connectivity index (χ1) is 15.0. The molecule has 1 aliphatic heterocycles. The fraction of sp³-hybridized carbons (Fsp3) is 0.435. The molecule has 0 aliphatic carbocycles. The van der Waals surface area contributed by atoms with E-state index in [1.54, 1.807) is 40.1 Å². The fourth-order valence-electron chi connectivity index (χ4n) is 3.42. The maximum absolute atomic E-state index is 13.3. The largest absolute Gasteiger partial charge is 0.480 e. The summed E-state index contributed by atoms with van der Waals surface area (Å²) in [6.45, 7) is 7.15. The summed E-state index contributed by atoms with van der Waals surface area (Å²) in [6, 6.07) is 12.4. The number of hydrogen-bond acceptors (Lipinski definition) is 5. The summed E-state index contributed by atoms with van der Waals surface area (Å²) < 4.78 is 44.9. The number of alkyl halides is 3. The molecule has 2 aromatic rings. The summed E-state index contributed by atoms with van der Waals surface area (Å²) in [6.07, 6.45) is -5.26. The third-order valence-corrected chi connectivity index (χ3v) is 5.19. The fourth-order valence-corrected chi connectivity index (χ4v) is 3.42. The molecular weight excluding hydrogens is 421 g/mol. The van der Waals surface area contributed by atoms with E-state index in [2.05, 4.69) is 4.98 Å². The zero-order valence-corrected chi connectivity index (χ0v) is 18.2. The highest BCUT2D eigenvalue weighted by Crippen LogP contribution is 2.30. The maximum Gasteiger partial charge on any atom is 0.433 e. The lowest BCUT2D eigenvalue weighted by molar-refractivity contribution is -0.144. The molecule has 32 heavy (non-hydrogen) atoms. The second-order valence-electron chi connectivity index (χ2n) is 8.69. The second-order valence-corrected chi connectivity index (χ2v) is 8.69. The molecule has 0 N–H and O–H groups in total. The number of benzene rings is 1. The van der Waals surface area contributed by atoms with Gasteiger partial charge >= 0.3 is 6.18 Å². The van der Waals surface area contributed by atoms with Gasteiger partial charge < -0.3 is 14.5 Å². The molecule has 9 heteroatoms. The lowest BCUT2D eigenvalue weighted by atomic mass is 9.87. The van der Waals surface area contributed by atoms with E-state index in [9.17, 15) is 18.0 Å². The van der Waals surface area contributed by atoms with Crippen LogP contribution in [0.3, 0.4) is 0 Å². The zero-order chi connectivity index (χ0) is 23.5. The topological polar surface area (TPSA) is 69.5 Å². The number of hydrogen-bond donors (Lipinski definition) is 0. The highest BCUT2D eigenvalue weighted by atomic mass is 19.4. The van der Waals surface area contributed by atoms with Crippen molar-refractivity contribution >= 4 is 11.7 Å². The van der Waals surface area contributed by atoms with Crippen molar-refractivity contribution in [2.75, 3.05) is 31.1 Å². The molecule has 0 spiro atoms. The molecule has 170 valence electrons. The van der Waals surface area contributed by atoms with Crippen LogP contribution in [0.4, 0.5) is 19.0 Å². The van der Waals surface area contributed by atoms with Crippen LogP contribution in [0.1, 0.15) is 32.0 Å². The average molecular weight is 446 g/mol. The number of piperazine rings is 1. The highest BCUT2D eigenvalue weighted by molar-refractivity contribution is 5.82. The van der Waals surface area contributed by atoms with Gasteiger partial charge in [-0.25, -0.2) is 4.98 Å². The summed E-state index contributed by atoms with van der Waals surface area (Å²) in [5.41, 5.74) is -0.933. The predicted molar refractivity (Wildman–Crippen MR) is 113 cm³/mol. The van der Waals surface area contributed by atoms with Gasteiger partial charge in [-0.15, -0.1) is 0 Å². The van der Waals surface area contributed by atoms with Crippen molar-refractivity contribution in [2.45, 2.75) is 33.1 Å². The van der Waals surface area contributed by atoms with Gasteiger partial charge in [0.05, 0.1) is 11.6 Å². The van der Waals surface area contributed by atoms with Crippen molar-refractivity contribution in [1.29, 1.82) is 5.26 Å². The molecular formula is C23H25F3N4O2. The van der Waals surface area contributed by atoms with E-state index >= 15 is 0 Å². The number of halogens is 3. The Kier molecular flexibility index (Phi) is 6.63. The number of pyridine rings is 1. The van der Waals surface area contributed by atoms with Crippen molar-refractivity contribution in [2.24, 2.45) is 5.41 Å². The van der Waals surface area contributed by atoms with Gasteiger partial charge in [0, 0.05) is 31.6 Å². The molecule has 0 radical (unpaired) electrons. The molecule has 1 saturated heterocycles. The van der Waals surface area contributed by atoms with Crippen LogP contribution in [0.15, 0.2) is 42.5 Å². The molecule has 1 amide bonds. The van der Waals surface area contributed by atoms with Gasteiger partial charge in [0.1, 0.15) is 17.3 Å². The van der Waals surface area contributed by atoms with Crippen LogP contribution in [0.25, 0.3) is 0 Å². The Labute approximate surface area is 185 Å². The molecule has 0 bridgehead atoms. The van der Waals surface area contributed by atoms with Crippen molar-refractivity contribution in [3.63, 3.8) is 0 Å². The molecule has 0 saturated carbocycles. The third kappa shape index (κ3) is 5.49. The van der Waals surface area contributed by atoms with Crippen molar-refractivity contribution in [1.82, 2.24) is 9.88 Å². The van der Waals surface area contributed by atoms with E-state index < -0.39 is 23.4 Å². The molecule has 1 unspecified atom stereocenters. The van der Waals surface area contributed by atoms with E-state index in [1.165, 1.54) is 6.07 Å². The SMILES string of the molecule is CC(C)(C)C(Oc1ccc(C#N)cc1)C(=O)N1CCN(c2cccc(C(F)(F)F)n2)CC1. The van der Waals surface area contributed by atoms with Gasteiger partial charge in [-0.2, -0.15) is 18.4 Å². The Hall–Kier alpha value is -3.28. The lowest BCUT2D eigenvalue weighted by Gasteiger charge is -2.39. The Morgan fingerprint density at radius 1 is 1.06 bits per heavy atom. The van der Waals surface area contributed by atoms with E-state index in [1.807, 2.05) is 26.8 Å². The van der Waals surface area contributed by atoms with Gasteiger partial charge in [-0.05, 0) is 36.4 Å². The first kappa shape index (κ1) is 23.4. The molecule has 1 aliphatic rings. The number of rotatable bonds is 4. The summed E-state index contributed by atoms with van der Waals surface area (Å²) >= 11 is 0. The Bertz CT molecular complexity index is 986. The van der Waals surface area contributed by atoms with Crippen molar-refractivity contribution in [3.05, 3.63) is 53.7 Å². The van der Waals surface area contributed by atoms with Gasteiger partial charge in [0.15, 0.2) is 6.10 Å². The highest BCUT2D eigenvalue weighted by Gasteiger charge is 2.38. The Balaban J connectivity index is 1.68. The van der Waals surface area contributed by atoms with Crippen LogP contribution in [0, 0.1) is 16.7 Å². The van der Waals surface area contributed by atoms with E-state index in [0.29, 0.717) is 37.5 Å². The van der Waals surface area contributed by atoms with Crippen molar-refractivity contribution in [3.8, 4) is 11.8 Å². The average Bonchev–Trinajstić information content (AvgIpc) is 2.76. The number of carbonyl (C=O) groups is 1. The van der Waals surface area contributed by atoms with Crippen LogP contribution in [-0.4, -0.2) is 48.1 Å². The molecule has 1 aromatic heterocycles. The second kappa shape index (κ2) is 9.07. The number of nitrogens with zero attached hydrogens (tertiary/aromatic N) is 4. The lowest BCUT2D eigenvalue weighted by Crippen LogP contribution is -2.55. The minimum Gasteiger partial charge on any atom is -0.480 e. The number of aromatic nitrogens is 1. The quantitative estimate of drug-likeness (QED) is 0.707. The molecule has 3 rings (SSSR count). The van der Waals surface area contributed by atoms with Gasteiger partial charge in [0.2, 0.25) is 0 Å². The summed E-state index contributed by atoms with van der Waals surface area (Å²) in [5.74, 6) is 0.552. The van der Waals surface area contributed by atoms with Crippen molar-refractivity contribution < 1.29 is 22.7 Å². The predicted octanol–water partition coefficient (Wildman–Crippen LogP) is 4.11. The molecule has 1 aromatic carbocycles. The standard InChI is InChI=1S/C23H25F3N4O2/c1-22(2,3)20(32-17-9-7-16(15-27)8-10-17)21(31)30-13-11-29(12-14-30)19-6-4-5-18(28-19)23(24,25)26/h4-10,20H,11-14H2,1-3H3. The van der Waals surface area contributed by atoms with E-state index in [-0.39, 0.29) is 11.7 Å².